The summed E-state index contributed by atoms with van der Waals surface area (Å²) in [5, 5.41) is 5.95. The molecule has 1 aromatic carbocycles. The van der Waals surface area contributed by atoms with Crippen LogP contribution in [0.4, 0.5) is 0 Å². The summed E-state index contributed by atoms with van der Waals surface area (Å²) in [5.41, 5.74) is 2.08. The summed E-state index contributed by atoms with van der Waals surface area (Å²) < 4.78 is 5.51. The fourth-order valence-corrected chi connectivity index (χ4v) is 1.33. The van der Waals surface area contributed by atoms with Gasteiger partial charge in [0.2, 0.25) is 0 Å². The molecule has 0 unspecified atom stereocenters. The Morgan fingerprint density at radius 1 is 1.12 bits per heavy atom. The van der Waals surface area contributed by atoms with Gasteiger partial charge in [0.25, 0.3) is 5.56 Å². The third-order valence-corrected chi connectivity index (χ3v) is 2.35. The maximum absolute atomic E-state index is 11.0. The first kappa shape index (κ1) is 10.4. The van der Waals surface area contributed by atoms with Crippen LogP contribution in [-0.4, -0.2) is 10.2 Å². The second-order valence-corrected chi connectivity index (χ2v) is 3.63. The van der Waals surface area contributed by atoms with Crippen molar-refractivity contribution in [2.45, 2.75) is 13.8 Å². The quantitative estimate of drug-likeness (QED) is 0.837. The van der Waals surface area contributed by atoms with Crippen LogP contribution in [0.2, 0.25) is 0 Å². The van der Waals surface area contributed by atoms with Gasteiger partial charge in [0.15, 0.2) is 5.75 Å². The van der Waals surface area contributed by atoms with E-state index in [2.05, 4.69) is 10.2 Å². The topological polar surface area (TPSA) is 55.0 Å². The third kappa shape index (κ3) is 2.28. The van der Waals surface area contributed by atoms with Gasteiger partial charge in [0.1, 0.15) is 5.75 Å². The molecule has 0 aliphatic heterocycles. The predicted molar refractivity (Wildman–Crippen MR) is 60.8 cm³/mol. The predicted octanol–water partition coefficient (Wildman–Crippen LogP) is 2.18. The molecule has 4 nitrogen and oxygen atoms in total. The van der Waals surface area contributed by atoms with Crippen molar-refractivity contribution in [3.8, 4) is 11.5 Å². The van der Waals surface area contributed by atoms with Gasteiger partial charge in [-0.25, -0.2) is 5.10 Å². The second kappa shape index (κ2) is 4.18. The largest absolute Gasteiger partial charge is 0.455 e. The minimum absolute atomic E-state index is 0.277. The van der Waals surface area contributed by atoms with E-state index in [4.69, 9.17) is 4.74 Å². The van der Waals surface area contributed by atoms with Crippen LogP contribution in [0, 0.1) is 13.8 Å². The molecule has 16 heavy (non-hydrogen) atoms. The van der Waals surface area contributed by atoms with E-state index in [0.29, 0.717) is 11.5 Å². The fraction of sp³-hybridized carbons (Fsp3) is 0.167. The zero-order valence-corrected chi connectivity index (χ0v) is 9.15. The number of hydrogen-bond donors (Lipinski definition) is 1. The Labute approximate surface area is 92.9 Å². The average Bonchev–Trinajstić information content (AvgIpc) is 2.24. The summed E-state index contributed by atoms with van der Waals surface area (Å²) in [6, 6.07) is 7.13. The molecule has 0 saturated carbocycles. The minimum Gasteiger partial charge on any atom is -0.455 e. The smallest absolute Gasteiger partial charge is 0.267 e. The minimum atomic E-state index is -0.277. The number of aromatic amines is 1. The highest BCUT2D eigenvalue weighted by Gasteiger charge is 2.00. The fourth-order valence-electron chi connectivity index (χ4n) is 1.33. The lowest BCUT2D eigenvalue weighted by molar-refractivity contribution is 0.477. The van der Waals surface area contributed by atoms with E-state index < -0.39 is 0 Å². The first-order chi connectivity index (χ1) is 7.65. The van der Waals surface area contributed by atoms with E-state index in [-0.39, 0.29) is 5.56 Å². The summed E-state index contributed by atoms with van der Waals surface area (Å²) in [4.78, 5) is 11.0. The number of aromatic nitrogens is 2. The molecule has 0 fully saturated rings. The summed E-state index contributed by atoms with van der Waals surface area (Å²) in [6.07, 6.45) is 1.47. The van der Waals surface area contributed by atoms with Crippen molar-refractivity contribution in [2.24, 2.45) is 0 Å². The molecule has 0 atom stereocenters. The van der Waals surface area contributed by atoms with Gasteiger partial charge in [-0.05, 0) is 37.1 Å². The molecule has 0 spiro atoms. The van der Waals surface area contributed by atoms with Crippen molar-refractivity contribution in [1.82, 2.24) is 10.2 Å². The Balaban J connectivity index is 2.27. The van der Waals surface area contributed by atoms with Gasteiger partial charge in [-0.2, -0.15) is 5.10 Å². The SMILES string of the molecule is Cc1ccc(Oc2cn[nH]c(=O)c2)cc1C. The molecule has 82 valence electrons. The van der Waals surface area contributed by atoms with Crippen LogP contribution in [0.15, 0.2) is 35.3 Å². The van der Waals surface area contributed by atoms with Crippen LogP contribution in [0.3, 0.4) is 0 Å². The van der Waals surface area contributed by atoms with E-state index in [0.717, 1.165) is 5.56 Å². The highest BCUT2D eigenvalue weighted by molar-refractivity contribution is 5.36. The summed E-state index contributed by atoms with van der Waals surface area (Å²) in [6.45, 7) is 4.05. The standard InChI is InChI=1S/C12H12N2O2/c1-8-3-4-10(5-9(8)2)16-11-6-12(15)14-13-7-11/h3-7H,1-2H3,(H,14,15). The van der Waals surface area contributed by atoms with Crippen molar-refractivity contribution in [3.63, 3.8) is 0 Å². The molecule has 0 saturated heterocycles. The van der Waals surface area contributed by atoms with Gasteiger partial charge < -0.3 is 4.74 Å². The van der Waals surface area contributed by atoms with Gasteiger partial charge in [-0.3, -0.25) is 4.79 Å². The molecule has 0 aliphatic carbocycles. The Kier molecular flexibility index (Phi) is 2.72. The van der Waals surface area contributed by atoms with Gasteiger partial charge in [-0.1, -0.05) is 6.07 Å². The molecule has 0 bridgehead atoms. The van der Waals surface area contributed by atoms with Crippen LogP contribution < -0.4 is 10.3 Å². The Bertz CT molecular complexity index is 561. The van der Waals surface area contributed by atoms with E-state index in [1.54, 1.807) is 0 Å². The van der Waals surface area contributed by atoms with E-state index in [1.165, 1.54) is 17.8 Å². The van der Waals surface area contributed by atoms with E-state index >= 15 is 0 Å². The van der Waals surface area contributed by atoms with Crippen LogP contribution in [0.1, 0.15) is 11.1 Å². The van der Waals surface area contributed by atoms with Crippen LogP contribution in [-0.2, 0) is 0 Å². The lowest BCUT2D eigenvalue weighted by atomic mass is 10.1. The Hall–Kier alpha value is -2.10. The molecule has 1 heterocycles. The number of benzene rings is 1. The molecule has 0 amide bonds. The van der Waals surface area contributed by atoms with Crippen molar-refractivity contribution in [3.05, 3.63) is 51.9 Å². The van der Waals surface area contributed by atoms with Crippen LogP contribution >= 0.6 is 0 Å². The van der Waals surface area contributed by atoms with Crippen molar-refractivity contribution in [1.29, 1.82) is 0 Å². The molecule has 1 aromatic heterocycles. The first-order valence-electron chi connectivity index (χ1n) is 4.95. The van der Waals surface area contributed by atoms with E-state index in [1.807, 2.05) is 32.0 Å². The zero-order chi connectivity index (χ0) is 11.5. The van der Waals surface area contributed by atoms with Gasteiger partial charge in [-0.15, -0.1) is 0 Å². The number of aryl methyl sites for hydroxylation is 2. The number of H-pyrrole nitrogens is 1. The number of nitrogens with one attached hydrogen (secondary N) is 1. The molecule has 2 aromatic rings. The lowest BCUT2D eigenvalue weighted by Crippen LogP contribution is -2.05. The zero-order valence-electron chi connectivity index (χ0n) is 9.15. The third-order valence-electron chi connectivity index (χ3n) is 2.35. The molecule has 0 aliphatic rings. The molecule has 0 radical (unpaired) electrons. The lowest BCUT2D eigenvalue weighted by Gasteiger charge is -2.06. The molecule has 2 rings (SSSR count). The summed E-state index contributed by atoms with van der Waals surface area (Å²) >= 11 is 0. The number of nitrogens with zero attached hydrogens (tertiary/aromatic N) is 1. The Morgan fingerprint density at radius 3 is 2.62 bits per heavy atom. The summed E-state index contributed by atoms with van der Waals surface area (Å²) in [7, 11) is 0. The maximum Gasteiger partial charge on any atom is 0.267 e. The number of ether oxygens (including phenoxy) is 1. The molecule has 1 N–H and O–H groups in total. The second-order valence-electron chi connectivity index (χ2n) is 3.63. The van der Waals surface area contributed by atoms with Crippen LogP contribution in [0.5, 0.6) is 11.5 Å². The van der Waals surface area contributed by atoms with Gasteiger partial charge >= 0.3 is 0 Å². The highest BCUT2D eigenvalue weighted by Crippen LogP contribution is 2.21. The van der Waals surface area contributed by atoms with Gasteiger partial charge in [0, 0.05) is 6.07 Å². The monoisotopic (exact) mass is 216 g/mol. The summed E-state index contributed by atoms with van der Waals surface area (Å²) in [5.74, 6) is 1.14. The van der Waals surface area contributed by atoms with Gasteiger partial charge in [0.05, 0.1) is 6.20 Å². The maximum atomic E-state index is 11.0. The number of hydrogen-bond acceptors (Lipinski definition) is 3. The first-order valence-corrected chi connectivity index (χ1v) is 4.95. The Morgan fingerprint density at radius 2 is 1.94 bits per heavy atom. The number of rotatable bonds is 2. The van der Waals surface area contributed by atoms with Crippen molar-refractivity contribution < 1.29 is 4.74 Å². The molecular formula is C12H12N2O2. The average molecular weight is 216 g/mol. The molecule has 4 heteroatoms. The molecular weight excluding hydrogens is 204 g/mol. The highest BCUT2D eigenvalue weighted by atomic mass is 16.5. The van der Waals surface area contributed by atoms with Crippen molar-refractivity contribution in [2.75, 3.05) is 0 Å². The van der Waals surface area contributed by atoms with Crippen LogP contribution in [0.25, 0.3) is 0 Å². The normalized spacial score (nSPS) is 10.1. The van der Waals surface area contributed by atoms with E-state index in [9.17, 15) is 4.79 Å². The van der Waals surface area contributed by atoms with Crippen molar-refractivity contribution >= 4 is 0 Å².